The van der Waals surface area contributed by atoms with Crippen LogP contribution in [-0.4, -0.2) is 17.4 Å². The van der Waals surface area contributed by atoms with E-state index in [0.717, 1.165) is 45.0 Å². The van der Waals surface area contributed by atoms with Crippen LogP contribution in [0.1, 0.15) is 11.4 Å². The van der Waals surface area contributed by atoms with Gasteiger partial charge in [0, 0.05) is 11.1 Å². The molecule has 5 rings (SSSR count). The predicted octanol–water partition coefficient (Wildman–Crippen LogP) is 7.92. The fourth-order valence-electron chi connectivity index (χ4n) is 3.78. The van der Waals surface area contributed by atoms with Gasteiger partial charge in [0.25, 0.3) is 0 Å². The van der Waals surface area contributed by atoms with Crippen LogP contribution in [0.2, 0.25) is 0 Å². The number of hydrogen-bond donors (Lipinski definition) is 0. The summed E-state index contributed by atoms with van der Waals surface area (Å²) in [5.41, 5.74) is 7.84. The lowest BCUT2D eigenvalue weighted by Crippen LogP contribution is -1.93. The molecule has 0 atom stereocenters. The first-order valence-electron chi connectivity index (χ1n) is 11.2. The summed E-state index contributed by atoms with van der Waals surface area (Å²) in [6, 6.07) is 42.7. The SMILES string of the molecule is C(=Nc1ccccc1-c1ccccc1)c1cccc(C=Nc2ccccc2-c2ccccc2)n1. The van der Waals surface area contributed by atoms with Crippen LogP contribution in [0.5, 0.6) is 0 Å². The largest absolute Gasteiger partial charge is 0.254 e. The van der Waals surface area contributed by atoms with Gasteiger partial charge in [-0.15, -0.1) is 0 Å². The summed E-state index contributed by atoms with van der Waals surface area (Å²) < 4.78 is 0. The third-order valence-electron chi connectivity index (χ3n) is 5.44. The van der Waals surface area contributed by atoms with Crippen molar-refractivity contribution >= 4 is 23.8 Å². The third-order valence-corrected chi connectivity index (χ3v) is 5.44. The molecule has 0 fully saturated rings. The Bertz CT molecular complexity index is 1330. The van der Waals surface area contributed by atoms with Gasteiger partial charge in [-0.3, -0.25) is 9.98 Å². The van der Waals surface area contributed by atoms with E-state index in [9.17, 15) is 0 Å². The summed E-state index contributed by atoms with van der Waals surface area (Å²) in [4.78, 5) is 14.2. The number of nitrogens with zero attached hydrogens (tertiary/aromatic N) is 3. The van der Waals surface area contributed by atoms with Gasteiger partial charge < -0.3 is 0 Å². The lowest BCUT2D eigenvalue weighted by molar-refractivity contribution is 1.27. The van der Waals surface area contributed by atoms with Crippen LogP contribution in [0.25, 0.3) is 22.3 Å². The van der Waals surface area contributed by atoms with Crippen LogP contribution >= 0.6 is 0 Å². The summed E-state index contributed by atoms with van der Waals surface area (Å²) in [6.07, 6.45) is 3.61. The second kappa shape index (κ2) is 10.3. The molecule has 4 aromatic carbocycles. The van der Waals surface area contributed by atoms with Gasteiger partial charge in [-0.25, -0.2) is 4.98 Å². The van der Waals surface area contributed by atoms with Crippen molar-refractivity contribution in [1.29, 1.82) is 0 Å². The van der Waals surface area contributed by atoms with E-state index in [1.165, 1.54) is 0 Å². The molecule has 0 N–H and O–H groups in total. The number of benzene rings is 4. The molecule has 0 aliphatic rings. The maximum Gasteiger partial charge on any atom is 0.0820 e. The first-order chi connectivity index (χ1) is 16.9. The van der Waals surface area contributed by atoms with Crippen molar-refractivity contribution in [2.24, 2.45) is 9.98 Å². The van der Waals surface area contributed by atoms with Crippen molar-refractivity contribution in [3.8, 4) is 22.3 Å². The van der Waals surface area contributed by atoms with E-state index in [1.54, 1.807) is 12.4 Å². The van der Waals surface area contributed by atoms with Gasteiger partial charge in [-0.05, 0) is 35.4 Å². The van der Waals surface area contributed by atoms with Crippen molar-refractivity contribution in [1.82, 2.24) is 4.98 Å². The summed E-state index contributed by atoms with van der Waals surface area (Å²) in [5, 5.41) is 0. The van der Waals surface area contributed by atoms with E-state index in [1.807, 2.05) is 91.0 Å². The number of aromatic nitrogens is 1. The highest BCUT2D eigenvalue weighted by molar-refractivity contribution is 5.87. The Labute approximate surface area is 199 Å². The standard InChI is InChI=1S/C31H23N3/c1-3-12-24(13-4-1)28-18-7-9-20-30(28)32-22-26-16-11-17-27(34-26)23-33-31-21-10-8-19-29(31)25-14-5-2-6-15-25/h1-23H. The Hall–Kier alpha value is -4.63. The van der Waals surface area contributed by atoms with Crippen LogP contribution in [0.3, 0.4) is 0 Å². The molecule has 0 radical (unpaired) electrons. The molecule has 5 aromatic rings. The van der Waals surface area contributed by atoms with E-state index in [4.69, 9.17) is 15.0 Å². The van der Waals surface area contributed by atoms with Crippen molar-refractivity contribution in [3.05, 3.63) is 139 Å². The molecular formula is C31H23N3. The molecule has 0 bridgehead atoms. The maximum atomic E-state index is 4.73. The fourth-order valence-corrected chi connectivity index (χ4v) is 3.78. The highest BCUT2D eigenvalue weighted by Gasteiger charge is 2.04. The highest BCUT2D eigenvalue weighted by atomic mass is 14.8. The molecule has 34 heavy (non-hydrogen) atoms. The summed E-state index contributed by atoms with van der Waals surface area (Å²) in [5.74, 6) is 0. The quantitative estimate of drug-likeness (QED) is 0.249. The van der Waals surface area contributed by atoms with E-state index < -0.39 is 0 Å². The molecule has 0 amide bonds. The molecule has 0 saturated carbocycles. The molecular weight excluding hydrogens is 414 g/mol. The van der Waals surface area contributed by atoms with E-state index in [2.05, 4.69) is 36.4 Å². The lowest BCUT2D eigenvalue weighted by atomic mass is 10.0. The van der Waals surface area contributed by atoms with Gasteiger partial charge in [0.05, 0.1) is 35.2 Å². The minimum absolute atomic E-state index is 0.781. The Balaban J connectivity index is 1.39. The average Bonchev–Trinajstić information content (AvgIpc) is 2.92. The van der Waals surface area contributed by atoms with E-state index in [-0.39, 0.29) is 0 Å². The molecule has 162 valence electrons. The molecule has 1 heterocycles. The van der Waals surface area contributed by atoms with Crippen LogP contribution in [0, 0.1) is 0 Å². The molecule has 3 nitrogen and oxygen atoms in total. The predicted molar refractivity (Wildman–Crippen MR) is 143 cm³/mol. The maximum absolute atomic E-state index is 4.73. The van der Waals surface area contributed by atoms with Gasteiger partial charge in [-0.1, -0.05) is 103 Å². The second-order valence-corrected chi connectivity index (χ2v) is 7.77. The van der Waals surface area contributed by atoms with Crippen LogP contribution in [0.4, 0.5) is 11.4 Å². The minimum atomic E-state index is 0.781. The van der Waals surface area contributed by atoms with Gasteiger partial charge in [0.15, 0.2) is 0 Å². The van der Waals surface area contributed by atoms with Gasteiger partial charge in [0.2, 0.25) is 0 Å². The summed E-state index contributed by atoms with van der Waals surface area (Å²) >= 11 is 0. The summed E-state index contributed by atoms with van der Waals surface area (Å²) in [7, 11) is 0. The zero-order valence-corrected chi connectivity index (χ0v) is 18.6. The van der Waals surface area contributed by atoms with Crippen LogP contribution in [0.15, 0.2) is 137 Å². The lowest BCUT2D eigenvalue weighted by Gasteiger charge is -2.06. The Morgan fingerprint density at radius 3 is 1.29 bits per heavy atom. The molecule has 0 spiro atoms. The molecule has 0 unspecified atom stereocenters. The molecule has 0 aliphatic carbocycles. The van der Waals surface area contributed by atoms with Crippen LogP contribution < -0.4 is 0 Å². The van der Waals surface area contributed by atoms with Crippen molar-refractivity contribution in [2.45, 2.75) is 0 Å². The Kier molecular flexibility index (Phi) is 6.45. The molecule has 0 aliphatic heterocycles. The first-order valence-corrected chi connectivity index (χ1v) is 11.2. The topological polar surface area (TPSA) is 37.6 Å². The average molecular weight is 438 g/mol. The van der Waals surface area contributed by atoms with Crippen molar-refractivity contribution in [3.63, 3.8) is 0 Å². The monoisotopic (exact) mass is 437 g/mol. The first kappa shape index (κ1) is 21.2. The molecule has 1 aromatic heterocycles. The number of rotatable bonds is 6. The van der Waals surface area contributed by atoms with E-state index in [0.29, 0.717) is 0 Å². The highest BCUT2D eigenvalue weighted by Crippen LogP contribution is 2.30. The minimum Gasteiger partial charge on any atom is -0.254 e. The zero-order valence-electron chi connectivity index (χ0n) is 18.6. The number of para-hydroxylation sites is 2. The van der Waals surface area contributed by atoms with Gasteiger partial charge >= 0.3 is 0 Å². The number of hydrogen-bond acceptors (Lipinski definition) is 3. The van der Waals surface area contributed by atoms with Crippen molar-refractivity contribution < 1.29 is 0 Å². The van der Waals surface area contributed by atoms with Crippen molar-refractivity contribution in [2.75, 3.05) is 0 Å². The number of aliphatic imine (C=N–C) groups is 2. The third kappa shape index (κ3) is 5.05. The number of pyridine rings is 1. The van der Waals surface area contributed by atoms with E-state index >= 15 is 0 Å². The molecule has 3 heteroatoms. The van der Waals surface area contributed by atoms with Gasteiger partial charge in [-0.2, -0.15) is 0 Å². The summed E-state index contributed by atoms with van der Waals surface area (Å²) in [6.45, 7) is 0. The molecule has 0 saturated heterocycles. The van der Waals surface area contributed by atoms with Crippen LogP contribution in [-0.2, 0) is 0 Å². The Morgan fingerprint density at radius 1 is 0.412 bits per heavy atom. The smallest absolute Gasteiger partial charge is 0.0820 e. The zero-order chi connectivity index (χ0) is 23.0. The second-order valence-electron chi connectivity index (χ2n) is 7.77. The normalized spacial score (nSPS) is 11.3. The van der Waals surface area contributed by atoms with Gasteiger partial charge in [0.1, 0.15) is 0 Å². The Morgan fingerprint density at radius 2 is 0.824 bits per heavy atom. The fraction of sp³-hybridized carbons (Fsp3) is 0.